The molecule has 0 aromatic heterocycles. The van der Waals surface area contributed by atoms with Crippen LogP contribution in [0.4, 0.5) is 20.2 Å². The van der Waals surface area contributed by atoms with Crippen molar-refractivity contribution in [3.63, 3.8) is 0 Å². The van der Waals surface area contributed by atoms with Crippen molar-refractivity contribution < 1.29 is 13.6 Å². The highest BCUT2D eigenvalue weighted by molar-refractivity contribution is 7.99. The second kappa shape index (κ2) is 7.79. The van der Waals surface area contributed by atoms with Crippen LogP contribution in [0, 0.1) is 0 Å². The quantitative estimate of drug-likeness (QED) is 0.773. The van der Waals surface area contributed by atoms with Gasteiger partial charge in [0.05, 0.1) is 0 Å². The summed E-state index contributed by atoms with van der Waals surface area (Å²) in [4.78, 5) is 12.5. The predicted molar refractivity (Wildman–Crippen MR) is 86.5 cm³/mol. The molecule has 2 N–H and O–H groups in total. The fourth-order valence-corrected chi connectivity index (χ4v) is 2.32. The number of amides is 1. The topological polar surface area (TPSA) is 41.1 Å². The maximum absolute atomic E-state index is 12.2. The minimum Gasteiger partial charge on any atom is -0.374 e. The second-order valence-electron chi connectivity index (χ2n) is 4.62. The normalized spacial score (nSPS) is 12.0. The predicted octanol–water partition coefficient (Wildman–Crippen LogP) is 4.44. The molecule has 0 bridgehead atoms. The summed E-state index contributed by atoms with van der Waals surface area (Å²) in [5.41, 5.74) is 1.43. The van der Waals surface area contributed by atoms with Crippen LogP contribution in [0.2, 0.25) is 0 Å². The molecule has 0 saturated carbocycles. The summed E-state index contributed by atoms with van der Waals surface area (Å²) in [5, 5.41) is 5.83. The number of alkyl halides is 2. The highest BCUT2D eigenvalue weighted by Crippen LogP contribution is 2.26. The van der Waals surface area contributed by atoms with Crippen LogP contribution in [0.3, 0.4) is 0 Å². The van der Waals surface area contributed by atoms with Gasteiger partial charge in [-0.05, 0) is 43.3 Å². The Labute approximate surface area is 132 Å². The molecule has 0 radical (unpaired) electrons. The molecule has 22 heavy (non-hydrogen) atoms. The van der Waals surface area contributed by atoms with Crippen LogP contribution in [0.25, 0.3) is 0 Å². The highest BCUT2D eigenvalue weighted by Gasteiger charge is 2.13. The summed E-state index contributed by atoms with van der Waals surface area (Å²) in [7, 11) is 0. The molecule has 0 aliphatic carbocycles. The SMILES string of the molecule is C[C@H](Nc1ccc(SC(F)F)cc1)C(=O)Nc1ccccc1. The molecule has 0 saturated heterocycles. The van der Waals surface area contributed by atoms with E-state index in [1.54, 1.807) is 43.3 Å². The molecule has 0 spiro atoms. The van der Waals surface area contributed by atoms with Crippen molar-refractivity contribution in [3.05, 3.63) is 54.6 Å². The number of para-hydroxylation sites is 1. The number of carbonyl (C=O) groups excluding carboxylic acids is 1. The molecule has 1 atom stereocenters. The first kappa shape index (κ1) is 16.3. The van der Waals surface area contributed by atoms with Crippen molar-refractivity contribution in [1.29, 1.82) is 0 Å². The van der Waals surface area contributed by atoms with Gasteiger partial charge < -0.3 is 10.6 Å². The molecule has 0 heterocycles. The maximum atomic E-state index is 12.2. The summed E-state index contributed by atoms with van der Waals surface area (Å²) < 4.78 is 24.5. The average molecular weight is 322 g/mol. The van der Waals surface area contributed by atoms with E-state index in [2.05, 4.69) is 10.6 Å². The number of anilines is 2. The molecule has 0 aliphatic heterocycles. The number of thioether (sulfide) groups is 1. The van der Waals surface area contributed by atoms with Gasteiger partial charge in [0.1, 0.15) is 6.04 Å². The van der Waals surface area contributed by atoms with Crippen molar-refractivity contribution in [1.82, 2.24) is 0 Å². The van der Waals surface area contributed by atoms with Crippen LogP contribution < -0.4 is 10.6 Å². The first-order valence-electron chi connectivity index (χ1n) is 6.72. The van der Waals surface area contributed by atoms with Crippen LogP contribution in [0.15, 0.2) is 59.5 Å². The van der Waals surface area contributed by atoms with Gasteiger partial charge in [-0.2, -0.15) is 8.78 Å². The molecule has 116 valence electrons. The number of benzene rings is 2. The van der Waals surface area contributed by atoms with Gasteiger partial charge in [-0.1, -0.05) is 30.0 Å². The Morgan fingerprint density at radius 1 is 1.00 bits per heavy atom. The van der Waals surface area contributed by atoms with Crippen LogP contribution >= 0.6 is 11.8 Å². The standard InChI is InChI=1S/C16H16F2N2OS/c1-11(15(21)20-12-5-3-2-4-6-12)19-13-7-9-14(10-8-13)22-16(17)18/h2-11,16,19H,1H3,(H,20,21)/t11-/m0/s1. The van der Waals surface area contributed by atoms with Crippen LogP contribution in [-0.4, -0.2) is 17.7 Å². The Kier molecular flexibility index (Phi) is 5.77. The third-order valence-electron chi connectivity index (χ3n) is 2.90. The zero-order valence-electron chi connectivity index (χ0n) is 11.9. The van der Waals surface area contributed by atoms with Crippen molar-refractivity contribution in [2.75, 3.05) is 10.6 Å². The first-order valence-corrected chi connectivity index (χ1v) is 7.60. The van der Waals surface area contributed by atoms with E-state index in [1.807, 2.05) is 18.2 Å². The number of nitrogens with one attached hydrogen (secondary N) is 2. The van der Waals surface area contributed by atoms with Crippen molar-refractivity contribution in [3.8, 4) is 0 Å². The Morgan fingerprint density at radius 2 is 1.64 bits per heavy atom. The van der Waals surface area contributed by atoms with Crippen LogP contribution in [0.5, 0.6) is 0 Å². The summed E-state index contributed by atoms with van der Waals surface area (Å²) in [6.07, 6.45) is 0. The van der Waals surface area contributed by atoms with E-state index < -0.39 is 11.8 Å². The lowest BCUT2D eigenvalue weighted by atomic mass is 10.2. The van der Waals surface area contributed by atoms with Gasteiger partial charge in [0, 0.05) is 16.3 Å². The minimum absolute atomic E-state index is 0.169. The van der Waals surface area contributed by atoms with Crippen molar-refractivity contribution >= 4 is 29.0 Å². The van der Waals surface area contributed by atoms with Gasteiger partial charge in [-0.15, -0.1) is 0 Å². The second-order valence-corrected chi connectivity index (χ2v) is 5.69. The third kappa shape index (κ3) is 5.04. The zero-order valence-corrected chi connectivity index (χ0v) is 12.7. The first-order chi connectivity index (χ1) is 10.5. The lowest BCUT2D eigenvalue weighted by Crippen LogP contribution is -2.31. The number of halogens is 2. The molecule has 0 fully saturated rings. The average Bonchev–Trinajstić information content (AvgIpc) is 2.49. The molecule has 2 rings (SSSR count). The minimum atomic E-state index is -2.44. The summed E-state index contributed by atoms with van der Waals surface area (Å²) >= 11 is 0.494. The number of rotatable bonds is 6. The number of carbonyl (C=O) groups is 1. The van der Waals surface area contributed by atoms with E-state index in [0.717, 1.165) is 5.69 Å². The number of hydrogen-bond acceptors (Lipinski definition) is 3. The van der Waals surface area contributed by atoms with E-state index in [1.165, 1.54) is 0 Å². The van der Waals surface area contributed by atoms with E-state index in [4.69, 9.17) is 0 Å². The Balaban J connectivity index is 1.90. The fourth-order valence-electron chi connectivity index (χ4n) is 1.82. The molecule has 0 unspecified atom stereocenters. The molecule has 1 amide bonds. The zero-order chi connectivity index (χ0) is 15.9. The summed E-state index contributed by atoms with van der Waals surface area (Å²) in [6.45, 7) is 1.74. The molecule has 6 heteroatoms. The third-order valence-corrected chi connectivity index (χ3v) is 3.62. The Hall–Kier alpha value is -2.08. The molecular weight excluding hydrogens is 306 g/mol. The smallest absolute Gasteiger partial charge is 0.288 e. The Morgan fingerprint density at radius 3 is 2.23 bits per heavy atom. The lowest BCUT2D eigenvalue weighted by molar-refractivity contribution is -0.116. The molecular formula is C16H16F2N2OS. The summed E-state index contributed by atoms with van der Waals surface area (Å²) in [6, 6.07) is 15.3. The van der Waals surface area contributed by atoms with E-state index in [9.17, 15) is 13.6 Å². The van der Waals surface area contributed by atoms with Crippen LogP contribution in [0.1, 0.15) is 6.92 Å². The molecule has 3 nitrogen and oxygen atoms in total. The van der Waals surface area contributed by atoms with E-state index in [0.29, 0.717) is 22.3 Å². The van der Waals surface area contributed by atoms with E-state index in [-0.39, 0.29) is 5.91 Å². The lowest BCUT2D eigenvalue weighted by Gasteiger charge is -2.15. The van der Waals surface area contributed by atoms with Gasteiger partial charge in [0.25, 0.3) is 5.76 Å². The van der Waals surface area contributed by atoms with E-state index >= 15 is 0 Å². The van der Waals surface area contributed by atoms with Gasteiger partial charge in [0.2, 0.25) is 5.91 Å². The van der Waals surface area contributed by atoms with Crippen LogP contribution in [-0.2, 0) is 4.79 Å². The Bertz CT molecular complexity index is 605. The monoisotopic (exact) mass is 322 g/mol. The molecule has 2 aromatic carbocycles. The number of hydrogen-bond donors (Lipinski definition) is 2. The van der Waals surface area contributed by atoms with Gasteiger partial charge in [-0.3, -0.25) is 4.79 Å². The van der Waals surface area contributed by atoms with Crippen molar-refractivity contribution in [2.24, 2.45) is 0 Å². The summed E-state index contributed by atoms with van der Waals surface area (Å²) in [5.74, 6) is -2.60. The van der Waals surface area contributed by atoms with Gasteiger partial charge in [0.15, 0.2) is 0 Å². The maximum Gasteiger partial charge on any atom is 0.288 e. The molecule has 0 aliphatic rings. The van der Waals surface area contributed by atoms with Crippen molar-refractivity contribution in [2.45, 2.75) is 23.6 Å². The largest absolute Gasteiger partial charge is 0.374 e. The fraction of sp³-hybridized carbons (Fsp3) is 0.188. The highest BCUT2D eigenvalue weighted by atomic mass is 32.2. The van der Waals surface area contributed by atoms with Gasteiger partial charge >= 0.3 is 0 Å². The van der Waals surface area contributed by atoms with Gasteiger partial charge in [-0.25, -0.2) is 0 Å². The molecule has 2 aromatic rings.